The van der Waals surface area contributed by atoms with E-state index >= 15 is 0 Å². The lowest BCUT2D eigenvalue weighted by molar-refractivity contribution is 0.189. The summed E-state index contributed by atoms with van der Waals surface area (Å²) in [6, 6.07) is 7.32. The van der Waals surface area contributed by atoms with Crippen molar-refractivity contribution in [3.05, 3.63) is 71.4 Å². The topological polar surface area (TPSA) is 59.8 Å². The minimum Gasteiger partial charge on any atom is -0.493 e. The summed E-state index contributed by atoms with van der Waals surface area (Å²) in [5.74, 6) is 1.04. The number of aliphatic imine (C=N–C) groups is 1. The van der Waals surface area contributed by atoms with E-state index in [0.717, 1.165) is 49.5 Å². The van der Waals surface area contributed by atoms with Crippen LogP contribution in [0, 0.1) is 0 Å². The van der Waals surface area contributed by atoms with E-state index in [0.29, 0.717) is 12.1 Å². The minimum atomic E-state index is 0.314. The average Bonchev–Trinajstić information content (AvgIpc) is 3.23. The Morgan fingerprint density at radius 2 is 2.17 bits per heavy atom. The van der Waals surface area contributed by atoms with Gasteiger partial charge in [-0.25, -0.2) is 4.98 Å². The maximum absolute atomic E-state index is 5.74. The monoisotopic (exact) mass is 390 g/mol. The number of ether oxygens (including phenoxy) is 2. The maximum atomic E-state index is 5.74. The van der Waals surface area contributed by atoms with E-state index in [9.17, 15) is 0 Å². The molecule has 1 aromatic carbocycles. The van der Waals surface area contributed by atoms with E-state index in [2.05, 4.69) is 45.0 Å². The second-order valence-electron chi connectivity index (χ2n) is 7.18. The number of hydrogen-bond donors (Lipinski definition) is 0. The molecule has 3 heterocycles. The van der Waals surface area contributed by atoms with Crippen LogP contribution in [0.15, 0.2) is 54.0 Å². The highest BCUT2D eigenvalue weighted by Crippen LogP contribution is 2.32. The molecule has 0 saturated heterocycles. The molecule has 1 aromatic heterocycles. The Labute approximate surface area is 171 Å². The van der Waals surface area contributed by atoms with Crippen LogP contribution in [0.2, 0.25) is 0 Å². The highest BCUT2D eigenvalue weighted by molar-refractivity contribution is 5.54. The second kappa shape index (κ2) is 9.01. The molecular weight excluding hydrogens is 364 g/mol. The molecular formula is C23H26N4O2. The lowest BCUT2D eigenvalue weighted by Gasteiger charge is -2.33. The molecule has 6 heteroatoms. The number of nitrogens with zero attached hydrogens (tertiary/aromatic N) is 4. The van der Waals surface area contributed by atoms with E-state index in [-0.39, 0.29) is 0 Å². The van der Waals surface area contributed by atoms with Gasteiger partial charge in [-0.1, -0.05) is 12.1 Å². The van der Waals surface area contributed by atoms with Crippen molar-refractivity contribution in [2.45, 2.75) is 39.3 Å². The van der Waals surface area contributed by atoms with Gasteiger partial charge in [0.05, 0.1) is 18.6 Å². The maximum Gasteiger partial charge on any atom is 0.321 e. The predicted octanol–water partition coefficient (Wildman–Crippen LogP) is 4.03. The quantitative estimate of drug-likeness (QED) is 0.423. The van der Waals surface area contributed by atoms with E-state index in [1.165, 1.54) is 11.1 Å². The fourth-order valence-corrected chi connectivity index (χ4v) is 3.69. The minimum absolute atomic E-state index is 0.314. The molecule has 150 valence electrons. The third-order valence-electron chi connectivity index (χ3n) is 5.38. The normalized spacial score (nSPS) is 17.6. The van der Waals surface area contributed by atoms with Crippen LogP contribution in [-0.2, 0) is 19.4 Å². The van der Waals surface area contributed by atoms with Gasteiger partial charge in [0, 0.05) is 56.1 Å². The fourth-order valence-electron chi connectivity index (χ4n) is 3.69. The largest absolute Gasteiger partial charge is 0.493 e. The molecule has 0 amide bonds. The highest BCUT2D eigenvalue weighted by Gasteiger charge is 2.24. The van der Waals surface area contributed by atoms with Gasteiger partial charge in [0.25, 0.3) is 0 Å². The van der Waals surface area contributed by atoms with Crippen LogP contribution in [-0.4, -0.2) is 34.2 Å². The number of aromatic nitrogens is 2. The summed E-state index contributed by atoms with van der Waals surface area (Å²) < 4.78 is 11.2. The molecule has 2 aliphatic rings. The highest BCUT2D eigenvalue weighted by atomic mass is 16.5. The van der Waals surface area contributed by atoms with Crippen LogP contribution in [0.25, 0.3) is 0 Å². The zero-order valence-electron chi connectivity index (χ0n) is 16.9. The fraction of sp³-hybridized carbons (Fsp3) is 0.348. The van der Waals surface area contributed by atoms with Gasteiger partial charge < -0.3 is 9.47 Å². The van der Waals surface area contributed by atoms with Crippen molar-refractivity contribution >= 4 is 6.21 Å². The summed E-state index contributed by atoms with van der Waals surface area (Å²) in [6.07, 6.45) is 12.3. The SMILES string of the molecule is C\C=N/C=C\C=C\Oc1ncc2c(n1)CCN(C(C)c1ccc3c(c1)OCC3)C2. The number of rotatable bonds is 6. The van der Waals surface area contributed by atoms with Crippen LogP contribution in [0.1, 0.15) is 42.3 Å². The van der Waals surface area contributed by atoms with Crippen molar-refractivity contribution in [2.75, 3.05) is 13.2 Å². The average molecular weight is 390 g/mol. The molecule has 0 aliphatic carbocycles. The summed E-state index contributed by atoms with van der Waals surface area (Å²) in [4.78, 5) is 15.4. The van der Waals surface area contributed by atoms with Gasteiger partial charge in [0.1, 0.15) is 5.75 Å². The Bertz CT molecular complexity index is 952. The molecule has 2 aliphatic heterocycles. The summed E-state index contributed by atoms with van der Waals surface area (Å²) in [6.45, 7) is 6.71. The predicted molar refractivity (Wildman–Crippen MR) is 113 cm³/mol. The van der Waals surface area contributed by atoms with E-state index < -0.39 is 0 Å². The van der Waals surface area contributed by atoms with Crippen LogP contribution >= 0.6 is 0 Å². The summed E-state index contributed by atoms with van der Waals surface area (Å²) in [5.41, 5.74) is 4.83. The number of fused-ring (bicyclic) bond motifs is 2. The van der Waals surface area contributed by atoms with Crippen molar-refractivity contribution in [1.82, 2.24) is 14.9 Å². The van der Waals surface area contributed by atoms with Gasteiger partial charge in [0.2, 0.25) is 0 Å². The van der Waals surface area contributed by atoms with E-state index in [4.69, 9.17) is 9.47 Å². The molecule has 1 unspecified atom stereocenters. The number of allylic oxidation sites excluding steroid dienone is 2. The first kappa shape index (κ1) is 19.3. The third kappa shape index (κ3) is 4.54. The third-order valence-corrected chi connectivity index (χ3v) is 5.38. The zero-order valence-corrected chi connectivity index (χ0v) is 16.9. The molecule has 1 atom stereocenters. The van der Waals surface area contributed by atoms with Crippen molar-refractivity contribution in [3.63, 3.8) is 0 Å². The number of hydrogen-bond acceptors (Lipinski definition) is 6. The molecule has 2 aromatic rings. The van der Waals surface area contributed by atoms with Gasteiger partial charge in [-0.2, -0.15) is 4.98 Å². The van der Waals surface area contributed by atoms with Crippen molar-refractivity contribution in [3.8, 4) is 11.8 Å². The van der Waals surface area contributed by atoms with Crippen molar-refractivity contribution in [1.29, 1.82) is 0 Å². The van der Waals surface area contributed by atoms with Crippen LogP contribution in [0.3, 0.4) is 0 Å². The Balaban J connectivity index is 1.40. The Hall–Kier alpha value is -2.99. The molecule has 0 spiro atoms. The summed E-state index contributed by atoms with van der Waals surface area (Å²) >= 11 is 0. The second-order valence-corrected chi connectivity index (χ2v) is 7.18. The lowest BCUT2D eigenvalue weighted by atomic mass is 10.00. The first-order valence-corrected chi connectivity index (χ1v) is 10.0. The van der Waals surface area contributed by atoms with Crippen LogP contribution in [0.5, 0.6) is 11.8 Å². The van der Waals surface area contributed by atoms with E-state index in [1.54, 1.807) is 30.8 Å². The first-order chi connectivity index (χ1) is 14.2. The Morgan fingerprint density at radius 3 is 3.07 bits per heavy atom. The van der Waals surface area contributed by atoms with Crippen LogP contribution in [0.4, 0.5) is 0 Å². The van der Waals surface area contributed by atoms with Gasteiger partial charge in [-0.3, -0.25) is 9.89 Å². The molecule has 6 nitrogen and oxygen atoms in total. The smallest absolute Gasteiger partial charge is 0.321 e. The molecule has 4 rings (SSSR count). The molecule has 0 bridgehead atoms. The standard InChI is InChI=1S/C23H26N4O2/c1-3-24-10-4-5-12-29-23-25-15-20-16-27(11-8-21(20)26-23)17(2)19-7-6-18-9-13-28-22(18)14-19/h3-7,10,12,14-15,17H,8-9,11,13,16H2,1-2H3/b10-4-,12-5+,24-3-. The van der Waals surface area contributed by atoms with Crippen molar-refractivity contribution in [2.24, 2.45) is 4.99 Å². The van der Waals surface area contributed by atoms with Gasteiger partial charge >= 0.3 is 6.01 Å². The molecule has 0 fully saturated rings. The van der Waals surface area contributed by atoms with Gasteiger partial charge in [-0.05, 0) is 43.2 Å². The van der Waals surface area contributed by atoms with Gasteiger partial charge in [0.15, 0.2) is 0 Å². The Morgan fingerprint density at radius 1 is 1.24 bits per heavy atom. The summed E-state index contributed by atoms with van der Waals surface area (Å²) in [5, 5.41) is 0. The molecule has 0 saturated carbocycles. The zero-order chi connectivity index (χ0) is 20.1. The molecule has 0 N–H and O–H groups in total. The van der Waals surface area contributed by atoms with Crippen LogP contribution < -0.4 is 9.47 Å². The van der Waals surface area contributed by atoms with Crippen molar-refractivity contribution < 1.29 is 9.47 Å². The number of benzene rings is 1. The first-order valence-electron chi connectivity index (χ1n) is 10.0. The summed E-state index contributed by atoms with van der Waals surface area (Å²) in [7, 11) is 0. The molecule has 29 heavy (non-hydrogen) atoms. The lowest BCUT2D eigenvalue weighted by Crippen LogP contribution is -2.33. The molecule has 0 radical (unpaired) electrons. The van der Waals surface area contributed by atoms with Gasteiger partial charge in [-0.15, -0.1) is 0 Å². The van der Waals surface area contributed by atoms with E-state index in [1.807, 2.05) is 13.1 Å². The Kier molecular flexibility index (Phi) is 6.00.